The van der Waals surface area contributed by atoms with Crippen LogP contribution in [0.4, 0.5) is 0 Å². The van der Waals surface area contributed by atoms with Crippen LogP contribution in [0.15, 0.2) is 23.1 Å². The number of nitrogens with zero attached hydrogens (tertiary/aromatic N) is 2. The van der Waals surface area contributed by atoms with Gasteiger partial charge in [-0.15, -0.1) is 0 Å². The van der Waals surface area contributed by atoms with Crippen LogP contribution in [-0.2, 0) is 14.8 Å². The number of sulfonamides is 1. The SMILES string of the molecule is Cc1ccc(C)c(S(=O)(=O)N2CCN(C(=O)CC(C)(C)C)CC2)c1. The molecule has 1 aliphatic rings. The molecule has 1 aliphatic heterocycles. The van der Waals surface area contributed by atoms with E-state index < -0.39 is 10.0 Å². The Hall–Kier alpha value is -1.40. The number of aryl methyl sites for hydroxylation is 2. The van der Waals surface area contributed by atoms with Gasteiger partial charge in [-0.2, -0.15) is 4.31 Å². The zero-order valence-electron chi connectivity index (χ0n) is 15.3. The fourth-order valence-corrected chi connectivity index (χ4v) is 4.60. The van der Waals surface area contributed by atoms with Crippen molar-refractivity contribution in [3.8, 4) is 0 Å². The molecule has 0 saturated carbocycles. The van der Waals surface area contributed by atoms with Gasteiger partial charge in [0.15, 0.2) is 0 Å². The van der Waals surface area contributed by atoms with Gasteiger partial charge in [0.1, 0.15) is 0 Å². The molecule has 0 unspecified atom stereocenters. The Morgan fingerprint density at radius 2 is 1.67 bits per heavy atom. The molecular formula is C18H28N2O3S. The summed E-state index contributed by atoms with van der Waals surface area (Å²) < 4.78 is 27.3. The predicted molar refractivity (Wildman–Crippen MR) is 95.3 cm³/mol. The van der Waals surface area contributed by atoms with Crippen molar-refractivity contribution in [3.05, 3.63) is 29.3 Å². The van der Waals surface area contributed by atoms with E-state index in [0.717, 1.165) is 11.1 Å². The lowest BCUT2D eigenvalue weighted by molar-refractivity contribution is -0.134. The monoisotopic (exact) mass is 352 g/mol. The van der Waals surface area contributed by atoms with Crippen LogP contribution < -0.4 is 0 Å². The molecule has 0 bridgehead atoms. The van der Waals surface area contributed by atoms with E-state index in [4.69, 9.17) is 0 Å². The third-order valence-corrected chi connectivity index (χ3v) is 6.27. The molecular weight excluding hydrogens is 324 g/mol. The minimum Gasteiger partial charge on any atom is -0.340 e. The summed E-state index contributed by atoms with van der Waals surface area (Å²) in [6.45, 7) is 11.4. The average molecular weight is 353 g/mol. The molecule has 0 aromatic heterocycles. The molecule has 6 heteroatoms. The van der Waals surface area contributed by atoms with Gasteiger partial charge < -0.3 is 4.90 Å². The number of hydrogen-bond donors (Lipinski definition) is 0. The molecule has 1 heterocycles. The van der Waals surface area contributed by atoms with Crippen LogP contribution in [-0.4, -0.2) is 49.7 Å². The van der Waals surface area contributed by atoms with Crippen molar-refractivity contribution in [2.24, 2.45) is 5.41 Å². The lowest BCUT2D eigenvalue weighted by Gasteiger charge is -2.35. The van der Waals surface area contributed by atoms with E-state index in [9.17, 15) is 13.2 Å². The second kappa shape index (κ2) is 6.84. The summed E-state index contributed by atoms with van der Waals surface area (Å²) in [6.07, 6.45) is 0.483. The number of rotatable bonds is 3. The van der Waals surface area contributed by atoms with Gasteiger partial charge in [0, 0.05) is 32.6 Å². The van der Waals surface area contributed by atoms with Gasteiger partial charge in [0.25, 0.3) is 0 Å². The van der Waals surface area contributed by atoms with Crippen LogP contribution in [0.3, 0.4) is 0 Å². The summed E-state index contributed by atoms with van der Waals surface area (Å²) in [5.41, 5.74) is 1.63. The molecule has 0 atom stereocenters. The topological polar surface area (TPSA) is 57.7 Å². The van der Waals surface area contributed by atoms with E-state index in [1.54, 1.807) is 11.0 Å². The van der Waals surface area contributed by atoms with Gasteiger partial charge in [-0.05, 0) is 36.5 Å². The number of piperazine rings is 1. The first-order chi connectivity index (χ1) is 11.0. The second-order valence-corrected chi connectivity index (χ2v) is 9.70. The van der Waals surface area contributed by atoms with Crippen molar-refractivity contribution in [2.75, 3.05) is 26.2 Å². The van der Waals surface area contributed by atoms with Crippen LogP contribution >= 0.6 is 0 Å². The summed E-state index contributed by atoms with van der Waals surface area (Å²) in [5, 5.41) is 0. The van der Waals surface area contributed by atoms with Gasteiger partial charge in [0.2, 0.25) is 15.9 Å². The standard InChI is InChI=1S/C18H28N2O3S/c1-14-6-7-15(2)16(12-14)24(22,23)20-10-8-19(9-11-20)17(21)13-18(3,4)5/h6-7,12H,8-11,13H2,1-5H3. The molecule has 24 heavy (non-hydrogen) atoms. The largest absolute Gasteiger partial charge is 0.340 e. The van der Waals surface area contributed by atoms with Gasteiger partial charge in [-0.25, -0.2) is 8.42 Å². The van der Waals surface area contributed by atoms with E-state index in [2.05, 4.69) is 0 Å². The Labute approximate surface area is 145 Å². The minimum atomic E-state index is -3.50. The van der Waals surface area contributed by atoms with Gasteiger partial charge in [-0.3, -0.25) is 4.79 Å². The predicted octanol–water partition coefficient (Wildman–Crippen LogP) is 2.57. The van der Waals surface area contributed by atoms with Crippen molar-refractivity contribution >= 4 is 15.9 Å². The molecule has 1 amide bonds. The first-order valence-corrected chi connectivity index (χ1v) is 9.80. The number of amides is 1. The quantitative estimate of drug-likeness (QED) is 0.840. The average Bonchev–Trinajstić information content (AvgIpc) is 2.48. The van der Waals surface area contributed by atoms with Gasteiger partial charge >= 0.3 is 0 Å². The van der Waals surface area contributed by atoms with Crippen LogP contribution in [0, 0.1) is 19.3 Å². The van der Waals surface area contributed by atoms with Crippen molar-refractivity contribution in [3.63, 3.8) is 0 Å². The maximum absolute atomic E-state index is 12.9. The normalized spacial score (nSPS) is 17.1. The number of benzene rings is 1. The Morgan fingerprint density at radius 1 is 1.08 bits per heavy atom. The molecule has 0 N–H and O–H groups in total. The number of hydrogen-bond acceptors (Lipinski definition) is 3. The van der Waals surface area contributed by atoms with E-state index in [1.165, 1.54) is 4.31 Å². The molecule has 0 radical (unpaired) electrons. The first-order valence-electron chi connectivity index (χ1n) is 8.36. The van der Waals surface area contributed by atoms with Crippen LogP contribution in [0.2, 0.25) is 0 Å². The summed E-state index contributed by atoms with van der Waals surface area (Å²) in [6, 6.07) is 5.48. The lowest BCUT2D eigenvalue weighted by Crippen LogP contribution is -2.51. The van der Waals surface area contributed by atoms with Crippen molar-refractivity contribution in [1.29, 1.82) is 0 Å². The zero-order chi connectivity index (χ0) is 18.1. The van der Waals surface area contributed by atoms with Crippen molar-refractivity contribution in [2.45, 2.75) is 45.9 Å². The highest BCUT2D eigenvalue weighted by molar-refractivity contribution is 7.89. The second-order valence-electron chi connectivity index (χ2n) is 7.79. The molecule has 2 rings (SSSR count). The third-order valence-electron chi connectivity index (χ3n) is 4.23. The molecule has 1 aromatic carbocycles. The van der Waals surface area contributed by atoms with Crippen LogP contribution in [0.1, 0.15) is 38.3 Å². The highest BCUT2D eigenvalue weighted by Gasteiger charge is 2.31. The molecule has 0 aliphatic carbocycles. The molecule has 0 spiro atoms. The van der Waals surface area contributed by atoms with E-state index in [1.807, 2.05) is 46.8 Å². The summed E-state index contributed by atoms with van der Waals surface area (Å²) in [5.74, 6) is 0.103. The smallest absolute Gasteiger partial charge is 0.243 e. The van der Waals surface area contributed by atoms with Crippen LogP contribution in [0.25, 0.3) is 0 Å². The Bertz CT molecular complexity index is 712. The van der Waals surface area contributed by atoms with Crippen LogP contribution in [0.5, 0.6) is 0 Å². The molecule has 1 saturated heterocycles. The Kier molecular flexibility index (Phi) is 5.40. The summed E-state index contributed by atoms with van der Waals surface area (Å²) in [4.78, 5) is 14.4. The van der Waals surface area contributed by atoms with Gasteiger partial charge in [0.05, 0.1) is 4.90 Å². The van der Waals surface area contributed by atoms with Crippen molar-refractivity contribution in [1.82, 2.24) is 9.21 Å². The molecule has 1 aromatic rings. The zero-order valence-corrected chi connectivity index (χ0v) is 16.1. The van der Waals surface area contributed by atoms with E-state index >= 15 is 0 Å². The van der Waals surface area contributed by atoms with Crippen molar-refractivity contribution < 1.29 is 13.2 Å². The summed E-state index contributed by atoms with van der Waals surface area (Å²) in [7, 11) is -3.50. The first kappa shape index (κ1) is 18.9. The van der Waals surface area contributed by atoms with E-state index in [-0.39, 0.29) is 11.3 Å². The Morgan fingerprint density at radius 3 is 2.21 bits per heavy atom. The lowest BCUT2D eigenvalue weighted by atomic mass is 9.91. The van der Waals surface area contributed by atoms with Gasteiger partial charge in [-0.1, -0.05) is 32.9 Å². The highest BCUT2D eigenvalue weighted by atomic mass is 32.2. The fraction of sp³-hybridized carbons (Fsp3) is 0.611. The maximum atomic E-state index is 12.9. The molecule has 134 valence electrons. The maximum Gasteiger partial charge on any atom is 0.243 e. The fourth-order valence-electron chi connectivity index (χ4n) is 2.87. The number of carbonyl (C=O) groups excluding carboxylic acids is 1. The minimum absolute atomic E-state index is 0.0566. The number of carbonyl (C=O) groups is 1. The molecule has 1 fully saturated rings. The Balaban J connectivity index is 2.09. The molecule has 5 nitrogen and oxygen atoms in total. The summed E-state index contributed by atoms with van der Waals surface area (Å²) >= 11 is 0. The van der Waals surface area contributed by atoms with E-state index in [0.29, 0.717) is 37.5 Å². The third kappa shape index (κ3) is 4.36. The highest BCUT2D eigenvalue weighted by Crippen LogP contribution is 2.24.